The second-order valence-electron chi connectivity index (χ2n) is 10.0. The lowest BCUT2D eigenvalue weighted by molar-refractivity contribution is -0.174. The van der Waals surface area contributed by atoms with Crippen molar-refractivity contribution in [3.8, 4) is 0 Å². The maximum Gasteiger partial charge on any atom is 0.240 e. The summed E-state index contributed by atoms with van der Waals surface area (Å²) in [6.07, 6.45) is 16.5. The molecule has 5 fully saturated rings. The molecule has 2 unspecified atom stereocenters. The second-order valence-corrected chi connectivity index (χ2v) is 10.0. The van der Waals surface area contributed by atoms with Crippen molar-refractivity contribution >= 4 is 5.91 Å². The van der Waals surface area contributed by atoms with Crippen molar-refractivity contribution in [1.29, 1.82) is 0 Å². The number of amides is 1. The van der Waals surface area contributed by atoms with Gasteiger partial charge in [-0.25, -0.2) is 5.01 Å². The normalized spacial score (nSPS) is 40.4. The molecule has 4 aliphatic carbocycles. The van der Waals surface area contributed by atoms with Crippen molar-refractivity contribution in [2.24, 2.45) is 22.2 Å². The average Bonchev–Trinajstić information content (AvgIpc) is 2.68. The van der Waals surface area contributed by atoms with E-state index in [9.17, 15) is 4.79 Å². The van der Waals surface area contributed by atoms with Crippen LogP contribution in [-0.4, -0.2) is 37.1 Å². The molecule has 28 heavy (non-hydrogen) atoms. The number of hydrogen-bond donors (Lipinski definition) is 2. The van der Waals surface area contributed by atoms with Gasteiger partial charge < -0.3 is 5.32 Å². The average molecular weight is 384 g/mol. The highest BCUT2D eigenvalue weighted by atomic mass is 16.2. The Morgan fingerprint density at radius 3 is 2.57 bits per heavy atom. The van der Waals surface area contributed by atoms with Gasteiger partial charge in [-0.05, 0) is 67.8 Å². The summed E-state index contributed by atoms with van der Waals surface area (Å²) in [6.45, 7) is 12.6. The van der Waals surface area contributed by atoms with Crippen LogP contribution in [0.25, 0.3) is 0 Å². The van der Waals surface area contributed by atoms with E-state index in [0.29, 0.717) is 11.3 Å². The van der Waals surface area contributed by atoms with Gasteiger partial charge in [-0.3, -0.25) is 10.2 Å². The molecule has 0 spiro atoms. The van der Waals surface area contributed by atoms with Crippen molar-refractivity contribution in [3.63, 3.8) is 0 Å². The number of allylic oxidation sites excluding steroid dienone is 5. The molecule has 4 heteroatoms. The molecule has 4 saturated carbocycles. The van der Waals surface area contributed by atoms with Gasteiger partial charge in [0.2, 0.25) is 5.91 Å². The molecule has 1 aliphatic heterocycles. The van der Waals surface area contributed by atoms with Crippen LogP contribution < -0.4 is 10.7 Å². The molecule has 4 nitrogen and oxygen atoms in total. The van der Waals surface area contributed by atoms with Crippen molar-refractivity contribution < 1.29 is 4.79 Å². The van der Waals surface area contributed by atoms with E-state index in [4.69, 9.17) is 0 Å². The number of rotatable bonds is 6. The van der Waals surface area contributed by atoms with Gasteiger partial charge >= 0.3 is 0 Å². The summed E-state index contributed by atoms with van der Waals surface area (Å²) >= 11 is 0. The topological polar surface area (TPSA) is 44.4 Å². The third-order valence-corrected chi connectivity index (χ3v) is 8.07. The fraction of sp³-hybridized carbons (Fsp3) is 0.708. The smallest absolute Gasteiger partial charge is 0.240 e. The first-order valence-electron chi connectivity index (χ1n) is 11.2. The van der Waals surface area contributed by atoms with E-state index in [1.807, 2.05) is 6.92 Å². The first-order chi connectivity index (χ1) is 13.4. The van der Waals surface area contributed by atoms with Crippen LogP contribution in [0.15, 0.2) is 36.5 Å². The minimum atomic E-state index is -0.211. The second kappa shape index (κ2) is 7.46. The van der Waals surface area contributed by atoms with Gasteiger partial charge in [0.25, 0.3) is 0 Å². The van der Waals surface area contributed by atoms with Crippen molar-refractivity contribution in [3.05, 3.63) is 36.5 Å². The Morgan fingerprint density at radius 2 is 1.86 bits per heavy atom. The van der Waals surface area contributed by atoms with Gasteiger partial charge in [0, 0.05) is 26.2 Å². The van der Waals surface area contributed by atoms with Crippen LogP contribution in [0.2, 0.25) is 0 Å². The highest BCUT2D eigenvalue weighted by molar-refractivity contribution is 5.83. The largest absolute Gasteiger partial charge is 0.314 e. The molecule has 154 valence electrons. The number of hydrazine groups is 1. The van der Waals surface area contributed by atoms with Crippen LogP contribution in [0.3, 0.4) is 0 Å². The molecule has 5 aliphatic rings. The van der Waals surface area contributed by atoms with E-state index >= 15 is 0 Å². The minimum absolute atomic E-state index is 0.105. The van der Waals surface area contributed by atoms with Crippen LogP contribution in [0, 0.1) is 22.2 Å². The Labute approximate surface area is 170 Å². The zero-order valence-electron chi connectivity index (χ0n) is 17.7. The summed E-state index contributed by atoms with van der Waals surface area (Å²) in [7, 11) is 0. The molecule has 0 aromatic heterocycles. The number of carbonyl (C=O) groups excluding carboxylic acids is 1. The first kappa shape index (κ1) is 19.9. The van der Waals surface area contributed by atoms with Crippen LogP contribution in [0.1, 0.15) is 58.8 Å². The van der Waals surface area contributed by atoms with Gasteiger partial charge in [0.15, 0.2) is 0 Å². The summed E-state index contributed by atoms with van der Waals surface area (Å²) < 4.78 is 0. The highest BCUT2D eigenvalue weighted by Crippen LogP contribution is 2.72. The first-order valence-corrected chi connectivity index (χ1v) is 11.2. The molecule has 5 rings (SSSR count). The van der Waals surface area contributed by atoms with Crippen LogP contribution in [0.5, 0.6) is 0 Å². The zero-order valence-corrected chi connectivity index (χ0v) is 17.7. The number of nitrogens with zero attached hydrogens (tertiary/aromatic N) is 1. The molecule has 0 radical (unpaired) electrons. The van der Waals surface area contributed by atoms with Crippen LogP contribution in [-0.2, 0) is 4.79 Å². The lowest BCUT2D eigenvalue weighted by atomic mass is 9.38. The van der Waals surface area contributed by atoms with Crippen LogP contribution >= 0.6 is 0 Å². The van der Waals surface area contributed by atoms with Crippen molar-refractivity contribution in [2.45, 2.75) is 58.8 Å². The highest BCUT2D eigenvalue weighted by Gasteiger charge is 2.65. The number of nitrogens with one attached hydrogen (secondary N) is 2. The van der Waals surface area contributed by atoms with Crippen molar-refractivity contribution in [1.82, 2.24) is 15.8 Å². The Bertz CT molecular complexity index is 692. The molecule has 4 bridgehead atoms. The molecule has 0 aromatic rings. The van der Waals surface area contributed by atoms with Gasteiger partial charge in [0.1, 0.15) is 0 Å². The predicted octanol–water partition coefficient (Wildman–Crippen LogP) is 3.98. The van der Waals surface area contributed by atoms with E-state index in [1.165, 1.54) is 31.3 Å². The lowest BCUT2D eigenvalue weighted by Gasteiger charge is -2.66. The Morgan fingerprint density at radius 1 is 1.14 bits per heavy atom. The van der Waals surface area contributed by atoms with Crippen molar-refractivity contribution in [2.75, 3.05) is 26.2 Å². The van der Waals surface area contributed by atoms with Gasteiger partial charge in [-0.15, -0.1) is 0 Å². The quantitative estimate of drug-likeness (QED) is 0.682. The SMILES string of the molecule is C=C(/C=C\C=C/C)[C@]12CC3CC(C(=O)NN4CCNCC4)(C[C@](CC)(C3)C1)C2. The lowest BCUT2D eigenvalue weighted by Crippen LogP contribution is -2.64. The maximum atomic E-state index is 13.6. The predicted molar refractivity (Wildman–Crippen MR) is 114 cm³/mol. The summed E-state index contributed by atoms with van der Waals surface area (Å²) in [5.74, 6) is 0.947. The molecule has 0 aromatic carbocycles. The standard InChI is InChI=1S/C24H37N3O/c1-4-6-7-8-19(3)23-14-20-13-22(5-2,16-23)17-24(15-20,18-23)21(28)26-27-11-9-25-10-12-27/h4,6-8,20,25H,3,5,9-18H2,1-2H3,(H,26,28)/b6-4-,8-7-/t20?,22-,23-,24?/m1/s1. The number of piperazine rings is 1. The zero-order chi connectivity index (χ0) is 19.8. The molecule has 2 N–H and O–H groups in total. The van der Waals surface area contributed by atoms with E-state index in [-0.39, 0.29) is 16.7 Å². The summed E-state index contributed by atoms with van der Waals surface area (Å²) in [5.41, 5.74) is 4.78. The van der Waals surface area contributed by atoms with E-state index in [2.05, 4.69) is 53.6 Å². The Balaban J connectivity index is 1.61. The minimum Gasteiger partial charge on any atom is -0.314 e. The Kier molecular flexibility index (Phi) is 5.30. The van der Waals surface area contributed by atoms with E-state index in [0.717, 1.165) is 45.4 Å². The number of carbonyl (C=O) groups is 1. The monoisotopic (exact) mass is 383 g/mol. The van der Waals surface area contributed by atoms with E-state index in [1.54, 1.807) is 0 Å². The summed E-state index contributed by atoms with van der Waals surface area (Å²) in [5, 5.41) is 5.49. The maximum absolute atomic E-state index is 13.6. The third-order valence-electron chi connectivity index (χ3n) is 8.07. The van der Waals surface area contributed by atoms with Crippen LogP contribution in [0.4, 0.5) is 0 Å². The van der Waals surface area contributed by atoms with Gasteiger partial charge in [-0.2, -0.15) is 0 Å². The molecule has 4 atom stereocenters. The molecular weight excluding hydrogens is 346 g/mol. The molecular formula is C24H37N3O. The molecule has 1 saturated heterocycles. The molecule has 1 amide bonds. The Hall–Kier alpha value is -1.39. The van der Waals surface area contributed by atoms with Gasteiger partial charge in [-0.1, -0.05) is 44.2 Å². The number of hydrogen-bond acceptors (Lipinski definition) is 3. The molecule has 1 heterocycles. The fourth-order valence-electron chi connectivity index (χ4n) is 7.14. The summed E-state index contributed by atoms with van der Waals surface area (Å²) in [4.78, 5) is 13.6. The van der Waals surface area contributed by atoms with E-state index < -0.39 is 0 Å². The third kappa shape index (κ3) is 3.39. The summed E-state index contributed by atoms with van der Waals surface area (Å²) in [6, 6.07) is 0. The fourth-order valence-corrected chi connectivity index (χ4v) is 7.14. The van der Waals surface area contributed by atoms with Gasteiger partial charge in [0.05, 0.1) is 5.41 Å².